The first kappa shape index (κ1) is 15.7. The van der Waals surface area contributed by atoms with Crippen molar-refractivity contribution in [2.75, 3.05) is 6.61 Å². The van der Waals surface area contributed by atoms with Crippen molar-refractivity contribution in [1.82, 2.24) is 0 Å². The predicted octanol–water partition coefficient (Wildman–Crippen LogP) is 4.13. The van der Waals surface area contributed by atoms with Gasteiger partial charge >= 0.3 is 5.97 Å². The van der Waals surface area contributed by atoms with E-state index in [2.05, 4.69) is 6.92 Å². The quantitative estimate of drug-likeness (QED) is 0.856. The van der Waals surface area contributed by atoms with E-state index in [1.54, 1.807) is 18.2 Å². The van der Waals surface area contributed by atoms with Gasteiger partial charge in [0.2, 0.25) is 0 Å². The van der Waals surface area contributed by atoms with Gasteiger partial charge in [0.15, 0.2) is 11.5 Å². The number of carboxylic acids is 1. The van der Waals surface area contributed by atoms with E-state index in [0.717, 1.165) is 12.8 Å². The van der Waals surface area contributed by atoms with Crippen LogP contribution in [-0.2, 0) is 0 Å². The molecule has 1 saturated carbocycles. The SMILES string of the molecule is CCOc1cc(C(=O)O)ccc1OC1CCCCC1CC. The maximum Gasteiger partial charge on any atom is 0.335 e. The third kappa shape index (κ3) is 3.90. The number of aromatic carboxylic acids is 1. The minimum absolute atomic E-state index is 0.207. The summed E-state index contributed by atoms with van der Waals surface area (Å²) >= 11 is 0. The highest BCUT2D eigenvalue weighted by molar-refractivity contribution is 5.88. The first-order chi connectivity index (χ1) is 10.2. The molecule has 2 rings (SSSR count). The highest BCUT2D eigenvalue weighted by atomic mass is 16.5. The van der Waals surface area contributed by atoms with Crippen LogP contribution in [0.1, 0.15) is 56.3 Å². The lowest BCUT2D eigenvalue weighted by Gasteiger charge is -2.31. The van der Waals surface area contributed by atoms with Gasteiger partial charge in [0, 0.05) is 0 Å². The number of ether oxygens (including phenoxy) is 2. The van der Waals surface area contributed by atoms with Gasteiger partial charge in [0.1, 0.15) is 6.10 Å². The molecule has 2 atom stereocenters. The minimum Gasteiger partial charge on any atom is -0.490 e. The number of benzene rings is 1. The van der Waals surface area contributed by atoms with Crippen molar-refractivity contribution in [3.8, 4) is 11.5 Å². The molecule has 1 aromatic carbocycles. The Morgan fingerprint density at radius 1 is 1.24 bits per heavy atom. The molecule has 21 heavy (non-hydrogen) atoms. The fourth-order valence-electron chi connectivity index (χ4n) is 2.97. The fourth-order valence-corrected chi connectivity index (χ4v) is 2.97. The first-order valence-electron chi connectivity index (χ1n) is 7.82. The second kappa shape index (κ2) is 7.34. The van der Waals surface area contributed by atoms with Gasteiger partial charge in [-0.05, 0) is 56.7 Å². The molecular weight excluding hydrogens is 268 g/mol. The van der Waals surface area contributed by atoms with Gasteiger partial charge in [-0.2, -0.15) is 0 Å². The van der Waals surface area contributed by atoms with E-state index in [0.29, 0.717) is 24.0 Å². The van der Waals surface area contributed by atoms with Gasteiger partial charge < -0.3 is 14.6 Å². The van der Waals surface area contributed by atoms with E-state index in [4.69, 9.17) is 14.6 Å². The van der Waals surface area contributed by atoms with Gasteiger partial charge in [-0.25, -0.2) is 4.79 Å². The average molecular weight is 292 g/mol. The number of rotatable bonds is 6. The lowest BCUT2D eigenvalue weighted by Crippen LogP contribution is -2.30. The summed E-state index contributed by atoms with van der Waals surface area (Å²) in [6.07, 6.45) is 6.05. The zero-order valence-corrected chi connectivity index (χ0v) is 12.8. The van der Waals surface area contributed by atoms with Crippen molar-refractivity contribution in [2.24, 2.45) is 5.92 Å². The molecule has 2 unspecified atom stereocenters. The molecular formula is C17H24O4. The number of carboxylic acid groups (broad SMARTS) is 1. The molecule has 1 N–H and O–H groups in total. The Bertz CT molecular complexity index is 484. The summed E-state index contributed by atoms with van der Waals surface area (Å²) in [4.78, 5) is 11.1. The lowest BCUT2D eigenvalue weighted by molar-refractivity contribution is 0.0695. The Labute approximate surface area is 126 Å². The molecule has 0 radical (unpaired) electrons. The Morgan fingerprint density at radius 3 is 2.67 bits per heavy atom. The van der Waals surface area contributed by atoms with E-state index in [1.165, 1.54) is 19.3 Å². The molecule has 1 aliphatic rings. The van der Waals surface area contributed by atoms with Crippen LogP contribution >= 0.6 is 0 Å². The highest BCUT2D eigenvalue weighted by Gasteiger charge is 2.26. The number of carbonyl (C=O) groups is 1. The number of hydrogen-bond donors (Lipinski definition) is 1. The van der Waals surface area contributed by atoms with Crippen LogP contribution in [0.5, 0.6) is 11.5 Å². The molecule has 1 aromatic rings. The van der Waals surface area contributed by atoms with Gasteiger partial charge in [0.25, 0.3) is 0 Å². The third-order valence-corrected chi connectivity index (χ3v) is 4.13. The van der Waals surface area contributed by atoms with Crippen molar-refractivity contribution in [3.05, 3.63) is 23.8 Å². The van der Waals surface area contributed by atoms with Crippen LogP contribution < -0.4 is 9.47 Å². The van der Waals surface area contributed by atoms with E-state index >= 15 is 0 Å². The molecule has 0 spiro atoms. The maximum atomic E-state index is 11.1. The highest BCUT2D eigenvalue weighted by Crippen LogP contribution is 2.35. The Hall–Kier alpha value is -1.71. The van der Waals surface area contributed by atoms with Crippen molar-refractivity contribution >= 4 is 5.97 Å². The summed E-state index contributed by atoms with van der Waals surface area (Å²) in [6.45, 7) is 4.57. The molecule has 4 heteroatoms. The molecule has 116 valence electrons. The summed E-state index contributed by atoms with van der Waals surface area (Å²) in [5.41, 5.74) is 0.224. The monoisotopic (exact) mass is 292 g/mol. The Balaban J connectivity index is 2.19. The van der Waals surface area contributed by atoms with E-state index in [1.807, 2.05) is 6.92 Å². The van der Waals surface area contributed by atoms with Gasteiger partial charge in [0.05, 0.1) is 12.2 Å². The van der Waals surface area contributed by atoms with Crippen LogP contribution in [0.15, 0.2) is 18.2 Å². The van der Waals surface area contributed by atoms with E-state index < -0.39 is 5.97 Å². The van der Waals surface area contributed by atoms with Crippen LogP contribution in [0.4, 0.5) is 0 Å². The van der Waals surface area contributed by atoms with Crippen LogP contribution in [0.25, 0.3) is 0 Å². The van der Waals surface area contributed by atoms with Gasteiger partial charge in [-0.3, -0.25) is 0 Å². The zero-order chi connectivity index (χ0) is 15.2. The molecule has 0 amide bonds. The van der Waals surface area contributed by atoms with Crippen molar-refractivity contribution < 1.29 is 19.4 Å². The fraction of sp³-hybridized carbons (Fsp3) is 0.588. The van der Waals surface area contributed by atoms with Crippen LogP contribution in [0, 0.1) is 5.92 Å². The van der Waals surface area contributed by atoms with E-state index in [9.17, 15) is 4.79 Å². The molecule has 1 aliphatic carbocycles. The largest absolute Gasteiger partial charge is 0.490 e. The summed E-state index contributed by atoms with van der Waals surface area (Å²) in [5, 5.41) is 9.07. The molecule has 0 saturated heterocycles. The zero-order valence-electron chi connectivity index (χ0n) is 12.8. The summed E-state index contributed by atoms with van der Waals surface area (Å²) < 4.78 is 11.7. The maximum absolute atomic E-state index is 11.1. The molecule has 0 bridgehead atoms. The normalized spacial score (nSPS) is 21.8. The summed E-state index contributed by atoms with van der Waals surface area (Å²) in [6, 6.07) is 4.84. The second-order valence-corrected chi connectivity index (χ2v) is 5.51. The second-order valence-electron chi connectivity index (χ2n) is 5.51. The topological polar surface area (TPSA) is 55.8 Å². The van der Waals surface area contributed by atoms with Crippen LogP contribution in [0.3, 0.4) is 0 Å². The molecule has 0 aliphatic heterocycles. The Kier molecular flexibility index (Phi) is 5.48. The number of hydrogen-bond acceptors (Lipinski definition) is 3. The van der Waals surface area contributed by atoms with Gasteiger partial charge in [-0.15, -0.1) is 0 Å². The van der Waals surface area contributed by atoms with Gasteiger partial charge in [-0.1, -0.05) is 13.3 Å². The summed E-state index contributed by atoms with van der Waals surface area (Å²) in [7, 11) is 0. The standard InChI is InChI=1S/C17H24O4/c1-3-12-7-5-6-8-14(12)21-15-10-9-13(17(18)19)11-16(15)20-4-2/h9-12,14H,3-8H2,1-2H3,(H,18,19). The third-order valence-electron chi connectivity index (χ3n) is 4.13. The first-order valence-corrected chi connectivity index (χ1v) is 7.82. The van der Waals surface area contributed by atoms with E-state index in [-0.39, 0.29) is 11.7 Å². The minimum atomic E-state index is -0.952. The smallest absolute Gasteiger partial charge is 0.335 e. The van der Waals surface area contributed by atoms with Crippen molar-refractivity contribution in [3.63, 3.8) is 0 Å². The molecule has 0 aromatic heterocycles. The molecule has 4 nitrogen and oxygen atoms in total. The van der Waals surface area contributed by atoms with Crippen molar-refractivity contribution in [1.29, 1.82) is 0 Å². The van der Waals surface area contributed by atoms with Crippen molar-refractivity contribution in [2.45, 2.75) is 52.1 Å². The Morgan fingerprint density at radius 2 is 2.00 bits per heavy atom. The lowest BCUT2D eigenvalue weighted by atomic mass is 9.85. The van der Waals surface area contributed by atoms with Crippen LogP contribution in [-0.4, -0.2) is 23.8 Å². The average Bonchev–Trinajstić information content (AvgIpc) is 2.49. The summed E-state index contributed by atoms with van der Waals surface area (Å²) in [5.74, 6) is 0.809. The molecule has 1 fully saturated rings. The predicted molar refractivity (Wildman–Crippen MR) is 81.2 cm³/mol. The van der Waals surface area contributed by atoms with Crippen LogP contribution in [0.2, 0.25) is 0 Å². The molecule has 0 heterocycles.